The minimum absolute atomic E-state index is 0.341. The molecule has 2 nitrogen and oxygen atoms in total. The second-order valence-electron chi connectivity index (χ2n) is 4.84. The van der Waals surface area contributed by atoms with E-state index in [0.29, 0.717) is 12.0 Å². The highest BCUT2D eigenvalue weighted by atomic mass is 14.7. The zero-order valence-corrected chi connectivity index (χ0v) is 9.45. The number of rotatable bonds is 1. The molecule has 84 valence electrons. The van der Waals surface area contributed by atoms with E-state index in [1.807, 2.05) is 0 Å². The number of fused-ring (bicyclic) bond motifs is 1. The van der Waals surface area contributed by atoms with Gasteiger partial charge in [-0.05, 0) is 24.5 Å². The van der Waals surface area contributed by atoms with Crippen LogP contribution in [0.1, 0.15) is 37.2 Å². The van der Waals surface area contributed by atoms with Crippen LogP contribution in [0.15, 0.2) is 30.5 Å². The van der Waals surface area contributed by atoms with E-state index in [0.717, 1.165) is 0 Å². The topological polar surface area (TPSA) is 41.8 Å². The maximum Gasteiger partial charge on any atom is 0.0456 e. The average Bonchev–Trinajstić information content (AvgIpc) is 2.74. The lowest BCUT2D eigenvalue weighted by atomic mass is 9.80. The number of H-pyrrole nitrogens is 1. The molecule has 1 aliphatic rings. The summed E-state index contributed by atoms with van der Waals surface area (Å²) < 4.78 is 0. The van der Waals surface area contributed by atoms with Crippen molar-refractivity contribution in [1.29, 1.82) is 0 Å². The van der Waals surface area contributed by atoms with E-state index in [1.54, 1.807) is 0 Å². The first kappa shape index (κ1) is 9.91. The fourth-order valence-corrected chi connectivity index (χ4v) is 2.95. The van der Waals surface area contributed by atoms with Crippen molar-refractivity contribution in [2.24, 2.45) is 5.73 Å². The number of aromatic amines is 1. The molecule has 16 heavy (non-hydrogen) atoms. The zero-order valence-electron chi connectivity index (χ0n) is 9.45. The summed E-state index contributed by atoms with van der Waals surface area (Å²) in [5, 5.41) is 1.35. The highest BCUT2D eigenvalue weighted by molar-refractivity contribution is 5.83. The van der Waals surface area contributed by atoms with Crippen molar-refractivity contribution < 1.29 is 0 Å². The predicted octanol–water partition coefficient (Wildman–Crippen LogP) is 3.15. The van der Waals surface area contributed by atoms with Crippen LogP contribution >= 0.6 is 0 Å². The molecule has 0 aliphatic heterocycles. The van der Waals surface area contributed by atoms with E-state index < -0.39 is 0 Å². The molecule has 1 aromatic carbocycles. The lowest BCUT2D eigenvalue weighted by Crippen LogP contribution is -2.31. The molecule has 0 amide bonds. The van der Waals surface area contributed by atoms with Crippen molar-refractivity contribution in [1.82, 2.24) is 4.98 Å². The van der Waals surface area contributed by atoms with Crippen molar-refractivity contribution in [3.05, 3.63) is 36.0 Å². The minimum atomic E-state index is 0.341. The van der Waals surface area contributed by atoms with E-state index in [4.69, 9.17) is 5.73 Å². The van der Waals surface area contributed by atoms with E-state index in [2.05, 4.69) is 35.4 Å². The Balaban J connectivity index is 2.04. The second-order valence-corrected chi connectivity index (χ2v) is 4.84. The Bertz CT molecular complexity index is 486. The lowest BCUT2D eigenvalue weighted by molar-refractivity contribution is 0.387. The Morgan fingerprint density at radius 3 is 2.81 bits per heavy atom. The van der Waals surface area contributed by atoms with Gasteiger partial charge in [-0.25, -0.2) is 0 Å². The Hall–Kier alpha value is -1.28. The van der Waals surface area contributed by atoms with Gasteiger partial charge in [-0.15, -0.1) is 0 Å². The highest BCUT2D eigenvalue weighted by Crippen LogP contribution is 2.35. The van der Waals surface area contributed by atoms with Crippen LogP contribution < -0.4 is 5.73 Å². The average molecular weight is 214 g/mol. The summed E-state index contributed by atoms with van der Waals surface area (Å²) in [6.07, 6.45) is 7.17. The number of aromatic nitrogens is 1. The number of nitrogens with one attached hydrogen (secondary N) is 1. The molecule has 2 heteroatoms. The first-order chi connectivity index (χ1) is 7.86. The summed E-state index contributed by atoms with van der Waals surface area (Å²) in [6.45, 7) is 0. The van der Waals surface area contributed by atoms with Crippen molar-refractivity contribution in [3.8, 4) is 0 Å². The van der Waals surface area contributed by atoms with Crippen LogP contribution in [0.4, 0.5) is 0 Å². The quantitative estimate of drug-likeness (QED) is 0.752. The molecule has 3 N–H and O–H groups in total. The summed E-state index contributed by atoms with van der Waals surface area (Å²) in [5.74, 6) is 0.546. The van der Waals surface area contributed by atoms with Gasteiger partial charge in [0.05, 0.1) is 0 Å². The third kappa shape index (κ3) is 1.54. The Labute approximate surface area is 95.8 Å². The molecular weight excluding hydrogens is 196 g/mol. The molecule has 0 spiro atoms. The monoisotopic (exact) mass is 214 g/mol. The zero-order chi connectivity index (χ0) is 11.0. The fraction of sp³-hybridized carbons (Fsp3) is 0.429. The van der Waals surface area contributed by atoms with Crippen LogP contribution in [0.3, 0.4) is 0 Å². The Morgan fingerprint density at radius 2 is 1.94 bits per heavy atom. The number of para-hydroxylation sites is 1. The number of hydrogen-bond donors (Lipinski definition) is 2. The molecule has 2 aromatic rings. The van der Waals surface area contributed by atoms with Gasteiger partial charge < -0.3 is 10.7 Å². The maximum absolute atomic E-state index is 6.25. The molecule has 1 aliphatic carbocycles. The lowest BCUT2D eigenvalue weighted by Gasteiger charge is -2.28. The van der Waals surface area contributed by atoms with Crippen LogP contribution in [0, 0.1) is 0 Å². The van der Waals surface area contributed by atoms with E-state index >= 15 is 0 Å². The molecule has 0 bridgehead atoms. The van der Waals surface area contributed by atoms with Crippen LogP contribution in [0.5, 0.6) is 0 Å². The Morgan fingerprint density at radius 1 is 1.12 bits per heavy atom. The van der Waals surface area contributed by atoms with Crippen molar-refractivity contribution in [3.63, 3.8) is 0 Å². The molecule has 1 fully saturated rings. The van der Waals surface area contributed by atoms with Gasteiger partial charge in [-0.2, -0.15) is 0 Å². The van der Waals surface area contributed by atoms with Crippen molar-refractivity contribution >= 4 is 10.9 Å². The Kier molecular flexibility index (Phi) is 2.44. The molecule has 1 saturated carbocycles. The van der Waals surface area contributed by atoms with E-state index in [-0.39, 0.29) is 0 Å². The highest BCUT2D eigenvalue weighted by Gasteiger charge is 2.25. The summed E-state index contributed by atoms with van der Waals surface area (Å²) in [7, 11) is 0. The fourth-order valence-electron chi connectivity index (χ4n) is 2.95. The SMILES string of the molecule is N[C@H]1CCCC[C@@H]1c1c[nH]c2ccccc12. The number of nitrogens with two attached hydrogens (primary N) is 1. The first-order valence-electron chi connectivity index (χ1n) is 6.18. The maximum atomic E-state index is 6.25. The van der Waals surface area contributed by atoms with Gasteiger partial charge in [0.2, 0.25) is 0 Å². The van der Waals surface area contributed by atoms with Crippen LogP contribution in [-0.2, 0) is 0 Å². The van der Waals surface area contributed by atoms with E-state index in [1.165, 1.54) is 42.1 Å². The van der Waals surface area contributed by atoms with Gasteiger partial charge in [0.25, 0.3) is 0 Å². The standard InChI is InChI=1S/C14H18N2/c15-13-7-3-1-5-10(13)12-9-16-14-8-4-2-6-11(12)14/h2,4,6,8-10,13,16H,1,3,5,7,15H2/t10-,13+/m1/s1. The molecule has 3 rings (SSSR count). The minimum Gasteiger partial charge on any atom is -0.361 e. The van der Waals surface area contributed by atoms with Gasteiger partial charge in [-0.3, -0.25) is 0 Å². The van der Waals surface area contributed by atoms with Gasteiger partial charge in [0.15, 0.2) is 0 Å². The summed E-state index contributed by atoms with van der Waals surface area (Å²) in [4.78, 5) is 3.35. The number of benzene rings is 1. The largest absolute Gasteiger partial charge is 0.361 e. The summed E-state index contributed by atoms with van der Waals surface area (Å²) >= 11 is 0. The van der Waals surface area contributed by atoms with Gasteiger partial charge in [0.1, 0.15) is 0 Å². The smallest absolute Gasteiger partial charge is 0.0456 e. The third-order valence-corrected chi connectivity index (χ3v) is 3.84. The van der Waals surface area contributed by atoms with Crippen LogP contribution in [-0.4, -0.2) is 11.0 Å². The molecule has 2 atom stereocenters. The number of hydrogen-bond acceptors (Lipinski definition) is 1. The van der Waals surface area contributed by atoms with E-state index in [9.17, 15) is 0 Å². The van der Waals surface area contributed by atoms with Crippen LogP contribution in [0.25, 0.3) is 10.9 Å². The summed E-state index contributed by atoms with van der Waals surface area (Å²) in [5.41, 5.74) is 8.90. The molecule has 1 aromatic heterocycles. The van der Waals surface area contributed by atoms with Crippen molar-refractivity contribution in [2.45, 2.75) is 37.6 Å². The van der Waals surface area contributed by atoms with Crippen molar-refractivity contribution in [2.75, 3.05) is 0 Å². The van der Waals surface area contributed by atoms with Crippen LogP contribution in [0.2, 0.25) is 0 Å². The summed E-state index contributed by atoms with van der Waals surface area (Å²) in [6, 6.07) is 8.85. The van der Waals surface area contributed by atoms with Gasteiger partial charge in [0, 0.05) is 29.1 Å². The molecule has 0 unspecified atom stereocenters. The first-order valence-corrected chi connectivity index (χ1v) is 6.18. The second kappa shape index (κ2) is 3.95. The van der Waals surface area contributed by atoms with Gasteiger partial charge in [-0.1, -0.05) is 31.0 Å². The normalized spacial score (nSPS) is 26.1. The molecular formula is C14H18N2. The third-order valence-electron chi connectivity index (χ3n) is 3.84. The van der Waals surface area contributed by atoms with Gasteiger partial charge >= 0.3 is 0 Å². The molecule has 1 heterocycles. The molecule has 0 saturated heterocycles. The molecule has 0 radical (unpaired) electrons. The predicted molar refractivity (Wildman–Crippen MR) is 67.5 cm³/mol.